The third-order valence-electron chi connectivity index (χ3n) is 5.74. The van der Waals surface area contributed by atoms with Gasteiger partial charge in [-0.25, -0.2) is 15.0 Å². The molecule has 1 saturated carbocycles. The molecule has 2 fully saturated rings. The smallest absolute Gasteiger partial charge is 0.225 e. The van der Waals surface area contributed by atoms with Crippen LogP contribution in [-0.2, 0) is 11.3 Å². The second-order valence-electron chi connectivity index (χ2n) is 7.62. The quantitative estimate of drug-likeness (QED) is 0.796. The number of nitrogens with zero attached hydrogens (tertiary/aromatic N) is 5. The standard InChI is InChI=1S/C20H29N5O/c1-15-13-18(16-5-3-6-16)23-20(22-15)25-9-4-7-17(14-25)19-21-8-10-24(19)11-12-26-2/h8,10,13,16-17H,3-7,9,11-12,14H2,1-2H3. The molecular weight excluding hydrogens is 326 g/mol. The molecule has 0 aromatic carbocycles. The lowest BCUT2D eigenvalue weighted by Gasteiger charge is -2.33. The lowest BCUT2D eigenvalue weighted by Crippen LogP contribution is -2.37. The summed E-state index contributed by atoms with van der Waals surface area (Å²) in [5, 5.41) is 0. The fraction of sp³-hybridized carbons (Fsp3) is 0.650. The van der Waals surface area contributed by atoms with E-state index in [1.165, 1.54) is 37.2 Å². The van der Waals surface area contributed by atoms with Crippen LogP contribution in [0.15, 0.2) is 18.5 Å². The molecule has 2 aromatic heterocycles. The summed E-state index contributed by atoms with van der Waals surface area (Å²) in [5.74, 6) is 3.14. The monoisotopic (exact) mass is 355 g/mol. The largest absolute Gasteiger partial charge is 0.383 e. The van der Waals surface area contributed by atoms with Crippen molar-refractivity contribution in [2.24, 2.45) is 0 Å². The predicted octanol–water partition coefficient (Wildman–Crippen LogP) is 3.28. The summed E-state index contributed by atoms with van der Waals surface area (Å²) in [6.07, 6.45) is 10.2. The maximum absolute atomic E-state index is 5.23. The Labute approximate surface area is 155 Å². The van der Waals surface area contributed by atoms with Crippen LogP contribution < -0.4 is 4.90 Å². The summed E-state index contributed by atoms with van der Waals surface area (Å²) < 4.78 is 7.46. The van der Waals surface area contributed by atoms with Gasteiger partial charge in [0.05, 0.1) is 6.61 Å². The van der Waals surface area contributed by atoms with E-state index >= 15 is 0 Å². The summed E-state index contributed by atoms with van der Waals surface area (Å²) in [5.41, 5.74) is 2.32. The Balaban J connectivity index is 1.52. The van der Waals surface area contributed by atoms with Crippen molar-refractivity contribution in [3.63, 3.8) is 0 Å². The normalized spacial score (nSPS) is 21.0. The van der Waals surface area contributed by atoms with E-state index in [2.05, 4.69) is 33.6 Å². The van der Waals surface area contributed by atoms with Gasteiger partial charge in [0.25, 0.3) is 0 Å². The average molecular weight is 355 g/mol. The Morgan fingerprint density at radius 2 is 2.00 bits per heavy atom. The molecule has 0 radical (unpaired) electrons. The van der Waals surface area contributed by atoms with Crippen LogP contribution in [0, 0.1) is 6.92 Å². The van der Waals surface area contributed by atoms with Crippen LogP contribution in [0.3, 0.4) is 0 Å². The van der Waals surface area contributed by atoms with E-state index in [4.69, 9.17) is 14.7 Å². The first-order chi connectivity index (χ1) is 12.7. The second kappa shape index (κ2) is 7.74. The summed E-state index contributed by atoms with van der Waals surface area (Å²) in [4.78, 5) is 16.7. The molecule has 1 aliphatic heterocycles. The maximum atomic E-state index is 5.23. The number of piperidine rings is 1. The molecule has 0 amide bonds. The van der Waals surface area contributed by atoms with Crippen molar-refractivity contribution < 1.29 is 4.74 Å². The minimum absolute atomic E-state index is 0.423. The van der Waals surface area contributed by atoms with Crippen LogP contribution in [-0.4, -0.2) is 46.3 Å². The molecule has 6 nitrogen and oxygen atoms in total. The second-order valence-corrected chi connectivity index (χ2v) is 7.62. The van der Waals surface area contributed by atoms with Crippen molar-refractivity contribution in [3.8, 4) is 0 Å². The van der Waals surface area contributed by atoms with E-state index in [0.29, 0.717) is 18.4 Å². The first-order valence-electron chi connectivity index (χ1n) is 9.85. The van der Waals surface area contributed by atoms with E-state index < -0.39 is 0 Å². The lowest BCUT2D eigenvalue weighted by molar-refractivity contribution is 0.185. The summed E-state index contributed by atoms with van der Waals surface area (Å²) in [6, 6.07) is 2.17. The number of anilines is 1. The molecule has 4 rings (SSSR count). The van der Waals surface area contributed by atoms with E-state index in [-0.39, 0.29) is 0 Å². The SMILES string of the molecule is COCCn1ccnc1C1CCCN(c2nc(C)cc(C3CCC3)n2)C1. The van der Waals surface area contributed by atoms with Crippen LogP contribution in [0.2, 0.25) is 0 Å². The number of hydrogen-bond acceptors (Lipinski definition) is 5. The molecule has 1 atom stereocenters. The summed E-state index contributed by atoms with van der Waals surface area (Å²) in [7, 11) is 1.74. The van der Waals surface area contributed by atoms with Gasteiger partial charge < -0.3 is 14.2 Å². The molecule has 0 N–H and O–H groups in total. The lowest BCUT2D eigenvalue weighted by atomic mass is 9.82. The highest BCUT2D eigenvalue weighted by Gasteiger charge is 2.28. The highest BCUT2D eigenvalue weighted by Crippen LogP contribution is 2.36. The zero-order chi connectivity index (χ0) is 17.9. The van der Waals surface area contributed by atoms with E-state index in [9.17, 15) is 0 Å². The van der Waals surface area contributed by atoms with Gasteiger partial charge in [0.15, 0.2) is 0 Å². The topological polar surface area (TPSA) is 56.1 Å². The van der Waals surface area contributed by atoms with Crippen LogP contribution in [0.25, 0.3) is 0 Å². The molecule has 2 aromatic rings. The number of methoxy groups -OCH3 is 1. The van der Waals surface area contributed by atoms with Crippen LogP contribution in [0.1, 0.15) is 61.2 Å². The molecule has 2 aliphatic rings. The highest BCUT2D eigenvalue weighted by molar-refractivity contribution is 5.35. The molecule has 1 unspecified atom stereocenters. The Bertz CT molecular complexity index is 740. The van der Waals surface area contributed by atoms with Gasteiger partial charge in [-0.15, -0.1) is 0 Å². The molecule has 1 saturated heterocycles. The number of aromatic nitrogens is 4. The fourth-order valence-corrected chi connectivity index (χ4v) is 4.06. The van der Waals surface area contributed by atoms with Crippen molar-refractivity contribution in [3.05, 3.63) is 35.7 Å². The molecular formula is C20H29N5O. The predicted molar refractivity (Wildman–Crippen MR) is 102 cm³/mol. The van der Waals surface area contributed by atoms with Gasteiger partial charge in [0, 0.05) is 62.4 Å². The van der Waals surface area contributed by atoms with Crippen molar-refractivity contribution in [2.75, 3.05) is 31.7 Å². The fourth-order valence-electron chi connectivity index (χ4n) is 4.06. The van der Waals surface area contributed by atoms with Crippen molar-refractivity contribution in [1.82, 2.24) is 19.5 Å². The van der Waals surface area contributed by atoms with Crippen molar-refractivity contribution in [2.45, 2.75) is 57.4 Å². The van der Waals surface area contributed by atoms with Gasteiger partial charge in [-0.1, -0.05) is 6.42 Å². The van der Waals surface area contributed by atoms with Crippen LogP contribution in [0.5, 0.6) is 0 Å². The zero-order valence-electron chi connectivity index (χ0n) is 15.9. The molecule has 26 heavy (non-hydrogen) atoms. The summed E-state index contributed by atoms with van der Waals surface area (Å²) >= 11 is 0. The van der Waals surface area contributed by atoms with Gasteiger partial charge in [-0.2, -0.15) is 0 Å². The molecule has 1 aliphatic carbocycles. The van der Waals surface area contributed by atoms with E-state index in [0.717, 1.165) is 37.7 Å². The number of hydrogen-bond donors (Lipinski definition) is 0. The number of ether oxygens (including phenoxy) is 1. The van der Waals surface area contributed by atoms with Crippen LogP contribution >= 0.6 is 0 Å². The minimum atomic E-state index is 0.423. The first kappa shape index (κ1) is 17.5. The first-order valence-corrected chi connectivity index (χ1v) is 9.85. The number of aryl methyl sites for hydroxylation is 1. The van der Waals surface area contributed by atoms with E-state index in [1.54, 1.807) is 7.11 Å². The average Bonchev–Trinajstić information content (AvgIpc) is 3.06. The van der Waals surface area contributed by atoms with Gasteiger partial charge in [0.1, 0.15) is 5.82 Å². The van der Waals surface area contributed by atoms with Crippen molar-refractivity contribution in [1.29, 1.82) is 0 Å². The maximum Gasteiger partial charge on any atom is 0.225 e. The number of imidazole rings is 1. The third kappa shape index (κ3) is 3.61. The van der Waals surface area contributed by atoms with Crippen LogP contribution in [0.4, 0.5) is 5.95 Å². The zero-order valence-corrected chi connectivity index (χ0v) is 15.9. The van der Waals surface area contributed by atoms with Gasteiger partial charge in [-0.05, 0) is 38.7 Å². The minimum Gasteiger partial charge on any atom is -0.383 e. The molecule has 0 spiro atoms. The Kier molecular flexibility index (Phi) is 5.20. The molecule has 140 valence electrons. The molecule has 3 heterocycles. The summed E-state index contributed by atoms with van der Waals surface area (Å²) in [6.45, 7) is 5.63. The van der Waals surface area contributed by atoms with Gasteiger partial charge in [-0.3, -0.25) is 0 Å². The Hall–Kier alpha value is -1.95. The Morgan fingerprint density at radius 3 is 2.77 bits per heavy atom. The van der Waals surface area contributed by atoms with Crippen molar-refractivity contribution >= 4 is 5.95 Å². The third-order valence-corrected chi connectivity index (χ3v) is 5.74. The molecule has 6 heteroatoms. The Morgan fingerprint density at radius 1 is 1.15 bits per heavy atom. The number of rotatable bonds is 6. The van der Waals surface area contributed by atoms with Gasteiger partial charge >= 0.3 is 0 Å². The van der Waals surface area contributed by atoms with E-state index in [1.807, 2.05) is 6.20 Å². The molecule has 0 bridgehead atoms. The highest BCUT2D eigenvalue weighted by atomic mass is 16.5. The van der Waals surface area contributed by atoms with Gasteiger partial charge in [0.2, 0.25) is 5.95 Å².